The van der Waals surface area contributed by atoms with Gasteiger partial charge < -0.3 is 19.9 Å². The lowest BCUT2D eigenvalue weighted by Crippen LogP contribution is -2.40. The summed E-state index contributed by atoms with van der Waals surface area (Å²) in [6.07, 6.45) is 1.94. The minimum Gasteiger partial charge on any atom is -0.488 e. The molecule has 7 nitrogen and oxygen atoms in total. The summed E-state index contributed by atoms with van der Waals surface area (Å²) in [4.78, 5) is 30.0. The maximum Gasteiger partial charge on any atom is 0.270 e. The lowest BCUT2D eigenvalue weighted by molar-refractivity contribution is 0.0912. The van der Waals surface area contributed by atoms with Crippen LogP contribution in [0.3, 0.4) is 0 Å². The van der Waals surface area contributed by atoms with E-state index in [2.05, 4.69) is 15.6 Å². The van der Waals surface area contributed by atoms with E-state index in [0.29, 0.717) is 22.7 Å². The van der Waals surface area contributed by atoms with Crippen LogP contribution in [0.4, 0.5) is 0 Å². The van der Waals surface area contributed by atoms with Crippen LogP contribution in [-0.4, -0.2) is 32.9 Å². The van der Waals surface area contributed by atoms with Crippen LogP contribution in [0.1, 0.15) is 61.0 Å². The van der Waals surface area contributed by atoms with E-state index in [1.807, 2.05) is 93.9 Å². The third-order valence-corrected chi connectivity index (χ3v) is 5.44. The molecule has 0 aliphatic carbocycles. The number of rotatable bonds is 7. The van der Waals surface area contributed by atoms with E-state index in [1.165, 1.54) is 0 Å². The molecule has 0 radical (unpaired) electrons. The molecule has 4 rings (SSSR count). The van der Waals surface area contributed by atoms with Crippen LogP contribution in [0.25, 0.3) is 16.7 Å². The van der Waals surface area contributed by atoms with Crippen LogP contribution in [0.5, 0.6) is 5.75 Å². The Morgan fingerprint density at radius 1 is 0.944 bits per heavy atom. The number of nitrogens with one attached hydrogen (secondary N) is 2. The van der Waals surface area contributed by atoms with Gasteiger partial charge in [0.25, 0.3) is 11.8 Å². The van der Waals surface area contributed by atoms with Gasteiger partial charge in [0.05, 0.1) is 11.3 Å². The molecule has 0 saturated carbocycles. The van der Waals surface area contributed by atoms with Crippen LogP contribution in [0, 0.1) is 0 Å². The normalized spacial score (nSPS) is 11.5. The van der Waals surface area contributed by atoms with Crippen molar-refractivity contribution < 1.29 is 14.3 Å². The van der Waals surface area contributed by atoms with E-state index in [1.54, 1.807) is 18.2 Å². The first-order valence-electron chi connectivity index (χ1n) is 12.0. The Balaban J connectivity index is 1.63. The smallest absolute Gasteiger partial charge is 0.270 e. The molecule has 2 aromatic heterocycles. The maximum atomic E-state index is 12.8. The molecule has 2 amide bonds. The Morgan fingerprint density at radius 2 is 1.67 bits per heavy atom. The van der Waals surface area contributed by atoms with E-state index in [-0.39, 0.29) is 30.0 Å². The Kier molecular flexibility index (Phi) is 7.10. The molecule has 36 heavy (non-hydrogen) atoms. The lowest BCUT2D eigenvalue weighted by Gasteiger charge is -2.21. The van der Waals surface area contributed by atoms with E-state index in [4.69, 9.17) is 4.74 Å². The summed E-state index contributed by atoms with van der Waals surface area (Å²) < 4.78 is 8.11. The van der Waals surface area contributed by atoms with Crippen molar-refractivity contribution in [2.45, 2.75) is 52.8 Å². The summed E-state index contributed by atoms with van der Waals surface area (Å²) in [5.41, 5.74) is 2.98. The number of benzene rings is 2. The zero-order valence-electron chi connectivity index (χ0n) is 21.3. The fourth-order valence-corrected chi connectivity index (χ4v) is 3.88. The van der Waals surface area contributed by atoms with Crippen molar-refractivity contribution in [2.75, 3.05) is 0 Å². The summed E-state index contributed by atoms with van der Waals surface area (Å²) in [5, 5.41) is 6.81. The molecule has 0 aliphatic heterocycles. The topological polar surface area (TPSA) is 85.2 Å². The molecule has 0 aliphatic rings. The van der Waals surface area contributed by atoms with Crippen molar-refractivity contribution in [3.63, 3.8) is 0 Å². The SMILES string of the molecule is CC(C)NC(=O)c1ccc2ccn(-c3ccccc3COc3ccccc3C(=O)NC(C)(C)C)c2n1. The van der Waals surface area contributed by atoms with E-state index in [0.717, 1.165) is 16.6 Å². The Morgan fingerprint density at radius 3 is 2.42 bits per heavy atom. The van der Waals surface area contributed by atoms with Crippen LogP contribution in [0.2, 0.25) is 0 Å². The van der Waals surface area contributed by atoms with Crippen LogP contribution >= 0.6 is 0 Å². The number of hydrogen-bond acceptors (Lipinski definition) is 4. The Labute approximate surface area is 211 Å². The van der Waals surface area contributed by atoms with Crippen LogP contribution in [0.15, 0.2) is 72.9 Å². The molecule has 0 fully saturated rings. The third-order valence-electron chi connectivity index (χ3n) is 5.44. The number of hydrogen-bond donors (Lipinski definition) is 2. The fraction of sp³-hybridized carbons (Fsp3) is 0.276. The summed E-state index contributed by atoms with van der Waals surface area (Å²) in [6, 6.07) is 20.7. The Hall–Kier alpha value is -4.13. The van der Waals surface area contributed by atoms with Crippen molar-refractivity contribution in [2.24, 2.45) is 0 Å². The number of amides is 2. The standard InChI is InChI=1S/C29H32N4O3/c1-19(2)30-28(35)23-15-14-20-16-17-33(26(20)31-23)24-12-8-6-10-21(24)18-36-25-13-9-7-11-22(25)27(34)32-29(3,4)5/h6-17,19H,18H2,1-5H3,(H,30,35)(H,32,34). The molecule has 4 aromatic rings. The second-order valence-electron chi connectivity index (χ2n) is 10.0. The van der Waals surface area contributed by atoms with E-state index >= 15 is 0 Å². The van der Waals surface area contributed by atoms with Crippen LogP contribution < -0.4 is 15.4 Å². The van der Waals surface area contributed by atoms with Gasteiger partial charge in [-0.1, -0.05) is 30.3 Å². The van der Waals surface area contributed by atoms with Gasteiger partial charge in [-0.15, -0.1) is 0 Å². The molecule has 2 heterocycles. The first-order valence-corrected chi connectivity index (χ1v) is 12.0. The van der Waals surface area contributed by atoms with Crippen molar-refractivity contribution in [3.8, 4) is 11.4 Å². The minimum absolute atomic E-state index is 0.0213. The quantitative estimate of drug-likeness (QED) is 0.374. The molecule has 0 unspecified atom stereocenters. The second-order valence-corrected chi connectivity index (χ2v) is 10.0. The number of para-hydroxylation sites is 2. The first kappa shape index (κ1) is 25.0. The molecule has 2 aromatic carbocycles. The van der Waals surface area contributed by atoms with Gasteiger partial charge in [-0.25, -0.2) is 4.98 Å². The maximum absolute atomic E-state index is 12.8. The number of pyridine rings is 1. The monoisotopic (exact) mass is 484 g/mol. The zero-order valence-corrected chi connectivity index (χ0v) is 21.3. The van der Waals surface area contributed by atoms with E-state index in [9.17, 15) is 9.59 Å². The predicted molar refractivity (Wildman–Crippen MR) is 142 cm³/mol. The van der Waals surface area contributed by atoms with E-state index < -0.39 is 0 Å². The Bertz CT molecular complexity index is 1400. The van der Waals surface area contributed by atoms with Gasteiger partial charge in [-0.2, -0.15) is 0 Å². The molecule has 7 heteroatoms. The molecule has 0 saturated heterocycles. The summed E-state index contributed by atoms with van der Waals surface area (Å²) in [5.74, 6) is 0.123. The molecule has 0 bridgehead atoms. The number of nitrogens with zero attached hydrogens (tertiary/aromatic N) is 2. The highest BCUT2D eigenvalue weighted by molar-refractivity contribution is 5.97. The summed E-state index contributed by atoms with van der Waals surface area (Å²) in [6.45, 7) is 9.91. The highest BCUT2D eigenvalue weighted by atomic mass is 16.5. The van der Waals surface area contributed by atoms with Crippen molar-refractivity contribution in [1.82, 2.24) is 20.2 Å². The highest BCUT2D eigenvalue weighted by Gasteiger charge is 2.19. The number of carbonyl (C=O) groups is 2. The van der Waals surface area contributed by atoms with Gasteiger partial charge in [-0.3, -0.25) is 9.59 Å². The zero-order chi connectivity index (χ0) is 25.9. The van der Waals surface area contributed by atoms with Gasteiger partial charge in [0.1, 0.15) is 23.7 Å². The number of carbonyl (C=O) groups excluding carboxylic acids is 2. The number of fused-ring (bicyclic) bond motifs is 1. The van der Waals surface area contributed by atoms with Gasteiger partial charge >= 0.3 is 0 Å². The van der Waals surface area contributed by atoms with Crippen molar-refractivity contribution in [1.29, 1.82) is 0 Å². The average molecular weight is 485 g/mol. The third kappa shape index (κ3) is 5.74. The van der Waals surface area contributed by atoms with Crippen molar-refractivity contribution >= 4 is 22.8 Å². The molecule has 0 spiro atoms. The minimum atomic E-state index is -0.357. The number of ether oxygens (including phenoxy) is 1. The summed E-state index contributed by atoms with van der Waals surface area (Å²) in [7, 11) is 0. The number of aromatic nitrogens is 2. The first-order chi connectivity index (χ1) is 17.1. The lowest BCUT2D eigenvalue weighted by atomic mass is 10.1. The van der Waals surface area contributed by atoms with Gasteiger partial charge in [-0.05, 0) is 71.0 Å². The molecule has 0 atom stereocenters. The molecule has 186 valence electrons. The predicted octanol–water partition coefficient (Wildman–Crippen LogP) is 5.27. The molecular formula is C29H32N4O3. The van der Waals surface area contributed by atoms with Gasteiger partial charge in [0.15, 0.2) is 0 Å². The van der Waals surface area contributed by atoms with Gasteiger partial charge in [0.2, 0.25) is 0 Å². The van der Waals surface area contributed by atoms with Crippen molar-refractivity contribution in [3.05, 3.63) is 89.7 Å². The average Bonchev–Trinajstić information content (AvgIpc) is 3.24. The molecule has 2 N–H and O–H groups in total. The second kappa shape index (κ2) is 10.2. The fourth-order valence-electron chi connectivity index (χ4n) is 3.88. The summed E-state index contributed by atoms with van der Waals surface area (Å²) >= 11 is 0. The largest absolute Gasteiger partial charge is 0.488 e. The highest BCUT2D eigenvalue weighted by Crippen LogP contribution is 2.25. The van der Waals surface area contributed by atoms with Gasteiger partial charge in [0, 0.05) is 28.7 Å². The molecular weight excluding hydrogens is 452 g/mol. The van der Waals surface area contributed by atoms with Crippen LogP contribution in [-0.2, 0) is 6.61 Å².